The first-order valence-electron chi connectivity index (χ1n) is 8.74. The SMILES string of the molecule is COCc1nc(-c2ccnc(Cl)c2Cl)c(C)nc1N1CCC(C)(C)CC1. The molecule has 2 aromatic rings. The standard InChI is InChI=1S/C19H24Cl2N4O/c1-12-16(13-5-8-22-17(21)15(13)20)24-14(11-26-4)18(23-12)25-9-6-19(2,3)7-10-25/h5,8H,6-7,9-11H2,1-4H3. The lowest BCUT2D eigenvalue weighted by Crippen LogP contribution is -2.38. The molecule has 0 aromatic carbocycles. The number of anilines is 1. The molecule has 1 aliphatic heterocycles. The molecule has 0 aliphatic carbocycles. The third-order valence-corrected chi connectivity index (χ3v) is 5.69. The number of nitrogens with zero attached hydrogens (tertiary/aromatic N) is 4. The minimum Gasteiger partial charge on any atom is -0.378 e. The van der Waals surface area contributed by atoms with Gasteiger partial charge in [-0.25, -0.2) is 15.0 Å². The Kier molecular flexibility index (Phi) is 5.70. The van der Waals surface area contributed by atoms with Crippen LogP contribution in [0, 0.1) is 12.3 Å². The van der Waals surface area contributed by atoms with E-state index in [1.807, 2.05) is 13.0 Å². The van der Waals surface area contributed by atoms with Gasteiger partial charge in [-0.15, -0.1) is 0 Å². The summed E-state index contributed by atoms with van der Waals surface area (Å²) in [6, 6.07) is 1.81. The number of ether oxygens (including phenoxy) is 1. The number of halogens is 2. The fourth-order valence-electron chi connectivity index (χ4n) is 3.21. The number of pyridine rings is 1. The smallest absolute Gasteiger partial charge is 0.153 e. The zero-order valence-corrected chi connectivity index (χ0v) is 17.2. The number of methoxy groups -OCH3 is 1. The summed E-state index contributed by atoms with van der Waals surface area (Å²) in [6.45, 7) is 8.91. The molecule has 1 saturated heterocycles. The van der Waals surface area contributed by atoms with E-state index in [2.05, 4.69) is 23.7 Å². The molecule has 0 amide bonds. The van der Waals surface area contributed by atoms with Crippen molar-refractivity contribution in [3.05, 3.63) is 33.8 Å². The van der Waals surface area contributed by atoms with Gasteiger partial charge in [-0.05, 0) is 31.2 Å². The Morgan fingerprint density at radius 3 is 2.54 bits per heavy atom. The number of rotatable bonds is 4. The van der Waals surface area contributed by atoms with Gasteiger partial charge in [-0.3, -0.25) is 0 Å². The number of piperidine rings is 1. The van der Waals surface area contributed by atoms with Gasteiger partial charge in [0.2, 0.25) is 0 Å². The minimum atomic E-state index is 0.265. The molecule has 2 aromatic heterocycles. The molecular weight excluding hydrogens is 371 g/mol. The van der Waals surface area contributed by atoms with Crippen LogP contribution in [0.4, 0.5) is 5.82 Å². The lowest BCUT2D eigenvalue weighted by atomic mass is 9.82. The van der Waals surface area contributed by atoms with Crippen LogP contribution >= 0.6 is 23.2 Å². The second-order valence-corrected chi connectivity index (χ2v) is 8.21. The molecule has 3 rings (SSSR count). The molecule has 5 nitrogen and oxygen atoms in total. The van der Waals surface area contributed by atoms with Gasteiger partial charge in [0.05, 0.1) is 23.0 Å². The highest BCUT2D eigenvalue weighted by Crippen LogP contribution is 2.36. The van der Waals surface area contributed by atoms with Crippen molar-refractivity contribution in [1.82, 2.24) is 15.0 Å². The van der Waals surface area contributed by atoms with Crippen molar-refractivity contribution in [3.63, 3.8) is 0 Å². The Hall–Kier alpha value is -1.43. The summed E-state index contributed by atoms with van der Waals surface area (Å²) in [5.41, 5.74) is 3.46. The van der Waals surface area contributed by atoms with Crippen LogP contribution in [0.1, 0.15) is 38.1 Å². The highest BCUT2D eigenvalue weighted by Gasteiger charge is 2.28. The predicted octanol–water partition coefficient (Wildman–Crippen LogP) is 4.93. The van der Waals surface area contributed by atoms with Crippen molar-refractivity contribution in [2.75, 3.05) is 25.1 Å². The van der Waals surface area contributed by atoms with E-state index in [0.717, 1.165) is 48.7 Å². The summed E-state index contributed by atoms with van der Waals surface area (Å²) in [4.78, 5) is 16.0. The molecule has 7 heteroatoms. The highest BCUT2D eigenvalue weighted by atomic mass is 35.5. The maximum Gasteiger partial charge on any atom is 0.153 e. The summed E-state index contributed by atoms with van der Waals surface area (Å²) < 4.78 is 5.38. The van der Waals surface area contributed by atoms with Crippen molar-refractivity contribution in [2.45, 2.75) is 40.2 Å². The fourth-order valence-corrected chi connectivity index (χ4v) is 3.57. The summed E-state index contributed by atoms with van der Waals surface area (Å²) in [6.07, 6.45) is 3.89. The largest absolute Gasteiger partial charge is 0.378 e. The molecule has 26 heavy (non-hydrogen) atoms. The second kappa shape index (κ2) is 7.67. The molecule has 0 unspecified atom stereocenters. The predicted molar refractivity (Wildman–Crippen MR) is 106 cm³/mol. The zero-order chi connectivity index (χ0) is 18.9. The molecule has 0 atom stereocenters. The van der Waals surface area contributed by atoms with Crippen LogP contribution in [0.3, 0.4) is 0 Å². The molecule has 140 valence electrons. The van der Waals surface area contributed by atoms with E-state index in [1.165, 1.54) is 0 Å². The van der Waals surface area contributed by atoms with Crippen molar-refractivity contribution in [2.24, 2.45) is 5.41 Å². The molecule has 0 N–H and O–H groups in total. The van der Waals surface area contributed by atoms with Crippen molar-refractivity contribution in [1.29, 1.82) is 0 Å². The topological polar surface area (TPSA) is 51.1 Å². The van der Waals surface area contributed by atoms with Crippen LogP contribution in [0.15, 0.2) is 12.3 Å². The van der Waals surface area contributed by atoms with E-state index in [1.54, 1.807) is 13.3 Å². The van der Waals surface area contributed by atoms with Crippen molar-refractivity contribution < 1.29 is 4.74 Å². The molecule has 0 radical (unpaired) electrons. The zero-order valence-electron chi connectivity index (χ0n) is 15.6. The van der Waals surface area contributed by atoms with Gasteiger partial charge in [0.15, 0.2) is 5.82 Å². The minimum absolute atomic E-state index is 0.265. The Morgan fingerprint density at radius 1 is 1.19 bits per heavy atom. The van der Waals surface area contributed by atoms with Crippen LogP contribution in [0.2, 0.25) is 10.2 Å². The normalized spacial score (nSPS) is 16.8. The monoisotopic (exact) mass is 394 g/mol. The van der Waals surface area contributed by atoms with Gasteiger partial charge < -0.3 is 9.64 Å². The Balaban J connectivity index is 2.03. The van der Waals surface area contributed by atoms with Gasteiger partial charge in [0, 0.05) is 32.0 Å². The first kappa shape index (κ1) is 19.3. The van der Waals surface area contributed by atoms with Crippen molar-refractivity contribution >= 4 is 29.0 Å². The van der Waals surface area contributed by atoms with Crippen LogP contribution in [0.5, 0.6) is 0 Å². The lowest BCUT2D eigenvalue weighted by molar-refractivity contribution is 0.181. The van der Waals surface area contributed by atoms with Gasteiger partial charge in [0.25, 0.3) is 0 Å². The molecular formula is C19H24Cl2N4O. The molecule has 1 aliphatic rings. The van der Waals surface area contributed by atoms with Crippen molar-refractivity contribution in [3.8, 4) is 11.3 Å². The fraction of sp³-hybridized carbons (Fsp3) is 0.526. The number of hydrogen-bond donors (Lipinski definition) is 0. The van der Waals surface area contributed by atoms with E-state index in [-0.39, 0.29) is 5.15 Å². The van der Waals surface area contributed by atoms with Crippen LogP contribution in [0.25, 0.3) is 11.3 Å². The summed E-state index contributed by atoms with van der Waals surface area (Å²) >= 11 is 12.4. The Morgan fingerprint density at radius 2 is 1.88 bits per heavy atom. The summed E-state index contributed by atoms with van der Waals surface area (Å²) in [5.74, 6) is 0.903. The first-order valence-corrected chi connectivity index (χ1v) is 9.50. The van der Waals surface area contributed by atoms with Gasteiger partial charge in [-0.2, -0.15) is 0 Å². The number of aromatic nitrogens is 3. The molecule has 0 saturated carbocycles. The quantitative estimate of drug-likeness (QED) is 0.688. The summed E-state index contributed by atoms with van der Waals surface area (Å²) in [5, 5.41) is 0.656. The van der Waals surface area contributed by atoms with Crippen LogP contribution in [-0.2, 0) is 11.3 Å². The maximum atomic E-state index is 6.35. The van der Waals surface area contributed by atoms with E-state index >= 15 is 0 Å². The van der Waals surface area contributed by atoms with Gasteiger partial charge in [-0.1, -0.05) is 37.0 Å². The third-order valence-electron chi connectivity index (χ3n) is 4.92. The van der Waals surface area contributed by atoms with E-state index in [4.69, 9.17) is 37.9 Å². The Labute approximate surface area is 164 Å². The van der Waals surface area contributed by atoms with Gasteiger partial charge in [0.1, 0.15) is 10.8 Å². The van der Waals surface area contributed by atoms with Crippen LogP contribution in [-0.4, -0.2) is 35.2 Å². The molecule has 0 spiro atoms. The average molecular weight is 395 g/mol. The average Bonchev–Trinajstić information content (AvgIpc) is 2.59. The lowest BCUT2D eigenvalue weighted by Gasteiger charge is -2.38. The van der Waals surface area contributed by atoms with E-state index in [0.29, 0.717) is 22.7 Å². The number of hydrogen-bond acceptors (Lipinski definition) is 5. The highest BCUT2D eigenvalue weighted by molar-refractivity contribution is 6.42. The maximum absolute atomic E-state index is 6.35. The molecule has 0 bridgehead atoms. The van der Waals surface area contributed by atoms with E-state index in [9.17, 15) is 0 Å². The molecule has 1 fully saturated rings. The second-order valence-electron chi connectivity index (χ2n) is 7.48. The third kappa shape index (κ3) is 3.95. The Bertz CT molecular complexity index is 800. The molecule has 3 heterocycles. The van der Waals surface area contributed by atoms with E-state index < -0.39 is 0 Å². The van der Waals surface area contributed by atoms with Crippen LogP contribution < -0.4 is 4.90 Å². The first-order chi connectivity index (χ1) is 12.3. The van der Waals surface area contributed by atoms with Gasteiger partial charge >= 0.3 is 0 Å². The number of aryl methyl sites for hydroxylation is 1. The summed E-state index contributed by atoms with van der Waals surface area (Å²) in [7, 11) is 1.67.